The minimum absolute atomic E-state index is 0.0817. The van der Waals surface area contributed by atoms with Crippen LogP contribution in [0.15, 0.2) is 12.2 Å². The second kappa shape index (κ2) is 6.52. The summed E-state index contributed by atoms with van der Waals surface area (Å²) < 4.78 is 0.582. The third-order valence-corrected chi connectivity index (χ3v) is 6.78. The molecule has 86 valence electrons. The highest BCUT2D eigenvalue weighted by atomic mass is 32.2. The first-order chi connectivity index (χ1) is 7.04. The predicted molar refractivity (Wildman–Crippen MR) is 78.7 cm³/mol. The topological polar surface area (TPSA) is 17.1 Å². The van der Waals surface area contributed by atoms with E-state index in [1.807, 2.05) is 23.5 Å². The smallest absolute Gasteiger partial charge is 0.170 e. The summed E-state index contributed by atoms with van der Waals surface area (Å²) in [5.41, 5.74) is 0.608. The molecule has 3 atom stereocenters. The molecular formula is C10H16OS4. The molecule has 0 aromatic heterocycles. The maximum atomic E-state index is 11.6. The van der Waals surface area contributed by atoms with Crippen molar-refractivity contribution in [3.8, 4) is 0 Å². The quantitative estimate of drug-likeness (QED) is 0.596. The molecule has 1 fully saturated rings. The monoisotopic (exact) mass is 280 g/mol. The van der Waals surface area contributed by atoms with Gasteiger partial charge in [0.25, 0.3) is 0 Å². The van der Waals surface area contributed by atoms with E-state index < -0.39 is 0 Å². The van der Waals surface area contributed by atoms with Crippen LogP contribution in [0.5, 0.6) is 0 Å². The molecule has 0 bridgehead atoms. The minimum atomic E-state index is -0.181. The third kappa shape index (κ3) is 4.29. The Kier molecular flexibility index (Phi) is 6.03. The lowest BCUT2D eigenvalue weighted by Gasteiger charge is -2.14. The van der Waals surface area contributed by atoms with E-state index in [0.29, 0.717) is 15.4 Å². The number of ketones is 1. The number of thioether (sulfide) groups is 2. The molecule has 0 amide bonds. The second-order valence-electron chi connectivity index (χ2n) is 3.60. The Morgan fingerprint density at radius 1 is 1.67 bits per heavy atom. The molecule has 1 heterocycles. The minimum Gasteiger partial charge on any atom is -0.293 e. The van der Waals surface area contributed by atoms with Gasteiger partial charge in [-0.15, -0.1) is 23.5 Å². The van der Waals surface area contributed by atoms with E-state index in [2.05, 4.69) is 31.8 Å². The fourth-order valence-electron chi connectivity index (χ4n) is 1.37. The highest BCUT2D eigenvalue weighted by molar-refractivity contribution is 8.21. The van der Waals surface area contributed by atoms with Crippen LogP contribution in [0.3, 0.4) is 0 Å². The van der Waals surface area contributed by atoms with Crippen molar-refractivity contribution >= 4 is 54.6 Å². The Morgan fingerprint density at radius 2 is 2.33 bits per heavy atom. The molecular weight excluding hydrogens is 264 g/mol. The summed E-state index contributed by atoms with van der Waals surface area (Å²) >= 11 is 12.5. The lowest BCUT2D eigenvalue weighted by atomic mass is 10.1. The van der Waals surface area contributed by atoms with Crippen molar-refractivity contribution in [3.05, 3.63) is 12.2 Å². The number of hydrogen-bond acceptors (Lipinski definition) is 5. The molecule has 1 aliphatic rings. The van der Waals surface area contributed by atoms with Gasteiger partial charge in [-0.25, -0.2) is 0 Å². The molecule has 0 spiro atoms. The molecule has 5 heteroatoms. The van der Waals surface area contributed by atoms with Crippen molar-refractivity contribution in [1.82, 2.24) is 0 Å². The maximum Gasteiger partial charge on any atom is 0.170 e. The maximum absolute atomic E-state index is 11.6. The Bertz CT molecular complexity index is 254. The molecule has 0 saturated carbocycles. The summed E-state index contributed by atoms with van der Waals surface area (Å²) in [5.74, 6) is 2.09. The van der Waals surface area contributed by atoms with E-state index in [-0.39, 0.29) is 11.0 Å². The van der Waals surface area contributed by atoms with Gasteiger partial charge in [-0.1, -0.05) is 6.58 Å². The van der Waals surface area contributed by atoms with Gasteiger partial charge in [0, 0.05) is 16.8 Å². The van der Waals surface area contributed by atoms with E-state index in [1.165, 1.54) is 0 Å². The number of carbonyl (C=O) groups excluding carboxylic acids is 1. The Hall–Kier alpha value is 0.810. The molecule has 1 aliphatic heterocycles. The first-order valence-corrected chi connectivity index (χ1v) is 7.94. The number of hydrogen-bond donors (Lipinski definition) is 2. The van der Waals surface area contributed by atoms with Gasteiger partial charge in [-0.2, -0.15) is 25.3 Å². The van der Waals surface area contributed by atoms with Gasteiger partial charge in [-0.05, 0) is 18.9 Å². The van der Waals surface area contributed by atoms with Crippen LogP contribution in [-0.2, 0) is 4.79 Å². The highest BCUT2D eigenvalue weighted by Crippen LogP contribution is 2.40. The summed E-state index contributed by atoms with van der Waals surface area (Å²) in [7, 11) is 0. The zero-order valence-corrected chi connectivity index (χ0v) is 12.1. The number of carbonyl (C=O) groups is 1. The van der Waals surface area contributed by atoms with E-state index in [9.17, 15) is 4.79 Å². The van der Waals surface area contributed by atoms with Gasteiger partial charge in [0.1, 0.15) is 0 Å². The molecule has 0 aromatic rings. The van der Waals surface area contributed by atoms with Crippen LogP contribution in [0, 0.1) is 0 Å². The molecule has 0 radical (unpaired) electrons. The standard InChI is InChI=1S/C10H16OS4/c1-6(2)10(11)8(13)3-7-5-14-9(4-12)15-7/h7-9,12-13H,1,3-5H2,2H3. The lowest BCUT2D eigenvalue weighted by Crippen LogP contribution is -2.20. The van der Waals surface area contributed by atoms with Gasteiger partial charge in [0.05, 0.1) is 9.83 Å². The Labute approximate surface area is 111 Å². The van der Waals surface area contributed by atoms with E-state index >= 15 is 0 Å². The van der Waals surface area contributed by atoms with E-state index in [0.717, 1.165) is 17.9 Å². The predicted octanol–water partition coefficient (Wildman–Crippen LogP) is 2.92. The molecule has 3 unspecified atom stereocenters. The summed E-state index contributed by atoms with van der Waals surface area (Å²) in [6.07, 6.45) is 0.844. The average Bonchev–Trinajstić information content (AvgIpc) is 2.64. The Balaban J connectivity index is 2.36. The summed E-state index contributed by atoms with van der Waals surface area (Å²) in [5, 5.41) is 0.359. The molecule has 15 heavy (non-hydrogen) atoms. The molecule has 0 aromatic carbocycles. The number of Topliss-reactive ketones (excluding diaryl/α,β-unsaturated/α-hetero) is 1. The van der Waals surface area contributed by atoms with Crippen LogP contribution < -0.4 is 0 Å². The van der Waals surface area contributed by atoms with Crippen LogP contribution in [0.25, 0.3) is 0 Å². The van der Waals surface area contributed by atoms with Crippen molar-refractivity contribution in [3.63, 3.8) is 0 Å². The van der Waals surface area contributed by atoms with Crippen molar-refractivity contribution in [2.24, 2.45) is 0 Å². The number of thiol groups is 2. The Morgan fingerprint density at radius 3 is 2.80 bits per heavy atom. The van der Waals surface area contributed by atoms with Gasteiger partial charge < -0.3 is 0 Å². The summed E-state index contributed by atoms with van der Waals surface area (Å²) in [4.78, 5) is 11.6. The van der Waals surface area contributed by atoms with Crippen molar-refractivity contribution in [2.75, 3.05) is 11.5 Å². The van der Waals surface area contributed by atoms with Crippen LogP contribution in [-0.4, -0.2) is 32.4 Å². The van der Waals surface area contributed by atoms with E-state index in [4.69, 9.17) is 0 Å². The first kappa shape index (κ1) is 13.9. The van der Waals surface area contributed by atoms with Gasteiger partial charge in [0.2, 0.25) is 0 Å². The first-order valence-electron chi connectivity index (χ1n) is 4.80. The summed E-state index contributed by atoms with van der Waals surface area (Å²) in [6.45, 7) is 5.41. The van der Waals surface area contributed by atoms with Crippen molar-refractivity contribution in [2.45, 2.75) is 28.4 Å². The average molecular weight is 281 g/mol. The normalized spacial score (nSPS) is 27.7. The zero-order chi connectivity index (χ0) is 11.4. The van der Waals surface area contributed by atoms with E-state index in [1.54, 1.807) is 6.92 Å². The summed E-state index contributed by atoms with van der Waals surface area (Å²) in [6, 6.07) is 0. The molecule has 1 rings (SSSR count). The van der Waals surface area contributed by atoms with Crippen molar-refractivity contribution in [1.29, 1.82) is 0 Å². The SMILES string of the molecule is C=C(C)C(=O)C(S)CC1CSC(CS)S1. The fourth-order valence-corrected chi connectivity index (χ4v) is 5.62. The van der Waals surface area contributed by atoms with Crippen LogP contribution >= 0.6 is 48.8 Å². The van der Waals surface area contributed by atoms with Crippen LogP contribution in [0.2, 0.25) is 0 Å². The lowest BCUT2D eigenvalue weighted by molar-refractivity contribution is -0.115. The third-order valence-electron chi connectivity index (χ3n) is 2.17. The van der Waals surface area contributed by atoms with Crippen LogP contribution in [0.4, 0.5) is 0 Å². The zero-order valence-electron chi connectivity index (χ0n) is 8.68. The molecule has 0 aliphatic carbocycles. The number of rotatable bonds is 5. The van der Waals surface area contributed by atoms with Crippen molar-refractivity contribution < 1.29 is 4.79 Å². The van der Waals surface area contributed by atoms with Crippen LogP contribution in [0.1, 0.15) is 13.3 Å². The molecule has 1 nitrogen and oxygen atoms in total. The molecule has 0 N–H and O–H groups in total. The van der Waals surface area contributed by atoms with Gasteiger partial charge in [-0.3, -0.25) is 4.79 Å². The fraction of sp³-hybridized carbons (Fsp3) is 0.700. The highest BCUT2D eigenvalue weighted by Gasteiger charge is 2.28. The molecule has 1 saturated heterocycles. The largest absolute Gasteiger partial charge is 0.293 e. The van der Waals surface area contributed by atoms with Gasteiger partial charge >= 0.3 is 0 Å². The van der Waals surface area contributed by atoms with Gasteiger partial charge in [0.15, 0.2) is 5.78 Å². The number of allylic oxidation sites excluding steroid dienone is 1. The second-order valence-corrected chi connectivity index (χ2v) is 7.63.